The Morgan fingerprint density at radius 1 is 1.19 bits per heavy atom. The number of benzene rings is 1. The first-order chi connectivity index (χ1) is 12.6. The minimum atomic E-state index is -0.544. The van der Waals surface area contributed by atoms with Crippen LogP contribution in [0.3, 0.4) is 0 Å². The van der Waals surface area contributed by atoms with Crippen LogP contribution in [0.25, 0.3) is 0 Å². The maximum Gasteiger partial charge on any atom is 0.272 e. The minimum Gasteiger partial charge on any atom is -0.364 e. The number of piperidine rings is 1. The molecule has 3 heterocycles. The lowest BCUT2D eigenvalue weighted by Gasteiger charge is -2.54. The summed E-state index contributed by atoms with van der Waals surface area (Å²) in [6.45, 7) is 1.02. The Labute approximate surface area is 152 Å². The summed E-state index contributed by atoms with van der Waals surface area (Å²) in [4.78, 5) is 32.9. The first-order valence-electron chi connectivity index (χ1n) is 8.77. The Kier molecular flexibility index (Phi) is 4.20. The zero-order valence-electron chi connectivity index (χ0n) is 14.7. The van der Waals surface area contributed by atoms with Gasteiger partial charge in [0.25, 0.3) is 5.91 Å². The van der Waals surface area contributed by atoms with Gasteiger partial charge in [0, 0.05) is 26.3 Å². The van der Waals surface area contributed by atoms with E-state index >= 15 is 0 Å². The zero-order chi connectivity index (χ0) is 18.1. The topological polar surface area (TPSA) is 62.7 Å². The number of likely N-dealkylation sites (N-methyl/N-ethyl adjacent to an activating group) is 1. The second kappa shape index (κ2) is 6.53. The molecular weight excluding hydrogens is 330 g/mol. The van der Waals surface area contributed by atoms with Gasteiger partial charge in [-0.15, -0.1) is 0 Å². The van der Waals surface area contributed by atoms with Crippen LogP contribution < -0.4 is 0 Å². The minimum absolute atomic E-state index is 0.0328. The Balaban J connectivity index is 1.66. The summed E-state index contributed by atoms with van der Waals surface area (Å²) in [5.41, 5.74) is 0.933. The molecule has 6 nitrogen and oxygen atoms in total. The molecule has 1 aromatic carbocycles. The van der Waals surface area contributed by atoms with Crippen LogP contribution in [0.5, 0.6) is 0 Å². The van der Waals surface area contributed by atoms with Gasteiger partial charge in [0.15, 0.2) is 0 Å². The van der Waals surface area contributed by atoms with Gasteiger partial charge in [-0.05, 0) is 24.1 Å². The van der Waals surface area contributed by atoms with Crippen molar-refractivity contribution in [3.8, 4) is 0 Å². The van der Waals surface area contributed by atoms with Gasteiger partial charge in [-0.1, -0.05) is 36.4 Å². The van der Waals surface area contributed by atoms with Crippen LogP contribution >= 0.6 is 0 Å². The first kappa shape index (κ1) is 16.7. The summed E-state index contributed by atoms with van der Waals surface area (Å²) in [6, 6.07) is 15.3. The van der Waals surface area contributed by atoms with E-state index in [9.17, 15) is 9.59 Å². The molecule has 4 rings (SSSR count). The predicted octanol–water partition coefficient (Wildman–Crippen LogP) is 1.68. The molecule has 1 aromatic heterocycles. The lowest BCUT2D eigenvalue weighted by Crippen LogP contribution is -2.67. The van der Waals surface area contributed by atoms with Crippen LogP contribution in [0, 0.1) is 0 Å². The summed E-state index contributed by atoms with van der Waals surface area (Å²) in [5, 5.41) is 0. The molecule has 0 unspecified atom stereocenters. The largest absolute Gasteiger partial charge is 0.364 e. The van der Waals surface area contributed by atoms with Gasteiger partial charge in [-0.25, -0.2) is 0 Å². The maximum atomic E-state index is 12.8. The Morgan fingerprint density at radius 3 is 2.69 bits per heavy atom. The number of carbonyl (C=O) groups is 2. The smallest absolute Gasteiger partial charge is 0.272 e. The molecule has 0 spiro atoms. The molecule has 2 atom stereocenters. The lowest BCUT2D eigenvalue weighted by molar-refractivity contribution is -0.180. The van der Waals surface area contributed by atoms with Gasteiger partial charge < -0.3 is 14.5 Å². The molecule has 6 heteroatoms. The summed E-state index contributed by atoms with van der Waals surface area (Å²) in [6.07, 6.45) is 1.98. The molecule has 0 saturated carbocycles. The number of likely N-dealkylation sites (tertiary alicyclic amines) is 1. The number of hydrogen-bond acceptors (Lipinski definition) is 4. The highest BCUT2D eigenvalue weighted by Crippen LogP contribution is 2.42. The van der Waals surface area contributed by atoms with E-state index in [2.05, 4.69) is 4.98 Å². The van der Waals surface area contributed by atoms with E-state index in [1.165, 1.54) is 0 Å². The Morgan fingerprint density at radius 2 is 1.96 bits per heavy atom. The van der Waals surface area contributed by atoms with Crippen LogP contribution in [0.15, 0.2) is 54.7 Å². The number of hydrogen-bond donors (Lipinski definition) is 0. The summed E-state index contributed by atoms with van der Waals surface area (Å²) < 4.78 is 5.93. The molecule has 134 valence electrons. The van der Waals surface area contributed by atoms with E-state index in [1.54, 1.807) is 28.1 Å². The fraction of sp³-hybridized carbons (Fsp3) is 0.350. The van der Waals surface area contributed by atoms with Gasteiger partial charge in [-0.2, -0.15) is 0 Å². The highest BCUT2D eigenvalue weighted by molar-refractivity contribution is 5.92. The van der Waals surface area contributed by atoms with Crippen molar-refractivity contribution in [2.24, 2.45) is 0 Å². The van der Waals surface area contributed by atoms with Gasteiger partial charge in [-0.3, -0.25) is 14.6 Å². The van der Waals surface area contributed by atoms with E-state index in [4.69, 9.17) is 4.74 Å². The average molecular weight is 351 g/mol. The highest BCUT2D eigenvalue weighted by Gasteiger charge is 2.53. The third kappa shape index (κ3) is 2.57. The van der Waals surface area contributed by atoms with Crippen molar-refractivity contribution in [2.75, 3.05) is 26.7 Å². The van der Waals surface area contributed by atoms with Crippen molar-refractivity contribution in [3.63, 3.8) is 0 Å². The molecule has 0 N–H and O–H groups in total. The summed E-state index contributed by atoms with van der Waals surface area (Å²) >= 11 is 0. The van der Waals surface area contributed by atoms with E-state index < -0.39 is 5.54 Å². The van der Waals surface area contributed by atoms with E-state index in [0.29, 0.717) is 25.2 Å². The van der Waals surface area contributed by atoms with Gasteiger partial charge in [0.05, 0.1) is 5.54 Å². The van der Waals surface area contributed by atoms with Crippen LogP contribution in [0.1, 0.15) is 22.5 Å². The number of amides is 2. The van der Waals surface area contributed by atoms with Crippen LogP contribution in [0.2, 0.25) is 0 Å². The number of nitrogens with zero attached hydrogens (tertiary/aromatic N) is 3. The Hall–Kier alpha value is -2.73. The van der Waals surface area contributed by atoms with Crippen LogP contribution in [-0.2, 0) is 15.1 Å². The van der Waals surface area contributed by atoms with Crippen molar-refractivity contribution in [1.29, 1.82) is 0 Å². The van der Waals surface area contributed by atoms with Crippen molar-refractivity contribution in [3.05, 3.63) is 66.0 Å². The van der Waals surface area contributed by atoms with E-state index in [-0.39, 0.29) is 24.5 Å². The number of carbonyl (C=O) groups excluding carboxylic acids is 2. The Bertz CT molecular complexity index is 812. The fourth-order valence-electron chi connectivity index (χ4n) is 4.06. The summed E-state index contributed by atoms with van der Waals surface area (Å²) in [5.74, 6) is -0.134. The molecule has 2 saturated heterocycles. The normalized spacial score (nSPS) is 25.7. The van der Waals surface area contributed by atoms with Crippen molar-refractivity contribution in [1.82, 2.24) is 14.8 Å². The van der Waals surface area contributed by atoms with Crippen molar-refractivity contribution < 1.29 is 14.3 Å². The molecule has 2 aliphatic heterocycles. The third-order valence-electron chi connectivity index (χ3n) is 5.51. The van der Waals surface area contributed by atoms with E-state index in [0.717, 1.165) is 5.56 Å². The number of pyridine rings is 1. The van der Waals surface area contributed by atoms with Crippen molar-refractivity contribution >= 4 is 11.8 Å². The lowest BCUT2D eigenvalue weighted by atomic mass is 9.76. The first-order valence-corrected chi connectivity index (χ1v) is 8.77. The van der Waals surface area contributed by atoms with E-state index in [1.807, 2.05) is 43.4 Å². The van der Waals surface area contributed by atoms with Gasteiger partial charge in [0.1, 0.15) is 18.4 Å². The molecule has 0 bridgehead atoms. The van der Waals surface area contributed by atoms with Crippen molar-refractivity contribution in [2.45, 2.75) is 18.1 Å². The second-order valence-corrected chi connectivity index (χ2v) is 6.76. The number of fused-ring (bicyclic) bond motifs is 1. The third-order valence-corrected chi connectivity index (χ3v) is 5.51. The molecule has 2 aromatic rings. The molecule has 26 heavy (non-hydrogen) atoms. The van der Waals surface area contributed by atoms with Gasteiger partial charge >= 0.3 is 0 Å². The molecule has 2 amide bonds. The molecule has 2 aliphatic rings. The fourth-order valence-corrected chi connectivity index (χ4v) is 4.06. The number of morpholine rings is 1. The average Bonchev–Trinajstić information content (AvgIpc) is 2.71. The quantitative estimate of drug-likeness (QED) is 0.826. The maximum absolute atomic E-state index is 12.8. The van der Waals surface area contributed by atoms with Crippen LogP contribution in [-0.4, -0.2) is 59.4 Å². The monoisotopic (exact) mass is 351 g/mol. The molecule has 2 fully saturated rings. The molecule has 0 aliphatic carbocycles. The number of rotatable bonds is 2. The zero-order valence-corrected chi connectivity index (χ0v) is 14.7. The van der Waals surface area contributed by atoms with Gasteiger partial charge in [0.2, 0.25) is 5.91 Å². The number of ether oxygens (including phenoxy) is 1. The predicted molar refractivity (Wildman–Crippen MR) is 95.4 cm³/mol. The van der Waals surface area contributed by atoms with Crippen LogP contribution in [0.4, 0.5) is 0 Å². The molecular formula is C20H21N3O3. The molecule has 0 radical (unpaired) electrons. The standard InChI is InChI=1S/C20H21N3O3/c1-22-18(24)14-26-17-13-23(19(25)16-9-5-6-11-21-16)12-10-20(17,22)15-7-3-2-4-8-15/h2-9,11,17H,10,12-14H2,1H3/t17-,20+/m1/s1. The second-order valence-electron chi connectivity index (χ2n) is 6.76. The summed E-state index contributed by atoms with van der Waals surface area (Å²) in [7, 11) is 1.83. The number of aromatic nitrogens is 1. The SMILES string of the molecule is CN1C(=O)CO[C@@H]2CN(C(=O)c3ccccn3)CC[C@]21c1ccccc1. The highest BCUT2D eigenvalue weighted by atomic mass is 16.5.